The molecule has 128 valence electrons. The Labute approximate surface area is 131 Å². The lowest BCUT2D eigenvalue weighted by atomic mass is 10.2. The molecule has 0 aromatic carbocycles. The zero-order valence-corrected chi connectivity index (χ0v) is 14.0. The lowest BCUT2D eigenvalue weighted by molar-refractivity contribution is -0.269. The first kappa shape index (κ1) is 21.4. The van der Waals surface area contributed by atoms with E-state index in [9.17, 15) is 4.89 Å². The van der Waals surface area contributed by atoms with E-state index in [1.54, 1.807) is 0 Å². The highest BCUT2D eigenvalue weighted by Gasteiger charge is 2.18. The van der Waals surface area contributed by atoms with Crippen LogP contribution in [0.1, 0.15) is 51.4 Å². The second kappa shape index (κ2) is 15.3. The summed E-state index contributed by atoms with van der Waals surface area (Å²) in [6.45, 7) is -2.52. The van der Waals surface area contributed by atoms with Crippen LogP contribution in [0, 0.1) is 0 Å². The summed E-state index contributed by atoms with van der Waals surface area (Å²) in [5.74, 6) is 0. The first-order valence-corrected chi connectivity index (χ1v) is 9.88. The molecule has 0 aromatic heterocycles. The second-order valence-corrected chi connectivity index (χ2v) is 7.16. The zero-order chi connectivity index (χ0) is 15.8. The largest absolute Gasteiger partial charge is 0.396 e. The van der Waals surface area contributed by atoms with Crippen molar-refractivity contribution in [3.05, 3.63) is 0 Å². The van der Waals surface area contributed by atoms with E-state index in [1.807, 2.05) is 0 Å². The van der Waals surface area contributed by atoms with E-state index in [4.69, 9.17) is 20.0 Å². The Morgan fingerprint density at radius 3 is 1.43 bits per heavy atom. The van der Waals surface area contributed by atoms with Crippen molar-refractivity contribution in [1.82, 2.24) is 0 Å². The van der Waals surface area contributed by atoms with Gasteiger partial charge in [-0.2, -0.15) is 0 Å². The van der Waals surface area contributed by atoms with Gasteiger partial charge in [0, 0.05) is 13.2 Å². The van der Waals surface area contributed by atoms with Crippen LogP contribution in [0.3, 0.4) is 0 Å². The molecular weight excluding hydrogens is 319 g/mol. The third-order valence-corrected chi connectivity index (χ3v) is 3.52. The highest BCUT2D eigenvalue weighted by atomic mass is 32.5. The summed E-state index contributed by atoms with van der Waals surface area (Å²) in [5, 5.41) is 17.2. The molecule has 0 saturated carbocycles. The van der Waals surface area contributed by atoms with Crippen LogP contribution in [-0.4, -0.2) is 41.5 Å². The lowest BCUT2D eigenvalue weighted by Gasteiger charge is -2.13. The third-order valence-electron chi connectivity index (χ3n) is 2.57. The van der Waals surface area contributed by atoms with E-state index < -0.39 is 6.72 Å². The van der Waals surface area contributed by atoms with Crippen LogP contribution in [0.15, 0.2) is 0 Å². The van der Waals surface area contributed by atoms with E-state index in [2.05, 4.69) is 21.2 Å². The van der Waals surface area contributed by atoms with Gasteiger partial charge in [-0.3, -0.25) is 0 Å². The molecule has 0 spiro atoms. The van der Waals surface area contributed by atoms with Gasteiger partial charge in [0.2, 0.25) is 0 Å². The minimum Gasteiger partial charge on any atom is -0.396 e. The van der Waals surface area contributed by atoms with Gasteiger partial charge < -0.3 is 15.1 Å². The summed E-state index contributed by atoms with van der Waals surface area (Å²) < 4.78 is 9.27. The van der Waals surface area contributed by atoms with Crippen LogP contribution < -0.4 is 0 Å². The number of aliphatic hydroxyl groups is 2. The zero-order valence-electron chi connectivity index (χ0n) is 12.3. The Kier molecular flexibility index (Phi) is 15.5. The van der Waals surface area contributed by atoms with Gasteiger partial charge in [0.05, 0.1) is 13.2 Å². The molecule has 3 N–H and O–H groups in total. The third kappa shape index (κ3) is 16.6. The Morgan fingerprint density at radius 1 is 0.667 bits per heavy atom. The molecule has 0 amide bonds. The van der Waals surface area contributed by atoms with Crippen molar-refractivity contribution in [3.63, 3.8) is 0 Å². The van der Waals surface area contributed by atoms with Crippen molar-refractivity contribution in [2.75, 3.05) is 26.4 Å². The van der Waals surface area contributed by atoms with E-state index in [1.165, 1.54) is 0 Å². The average molecular weight is 346 g/mol. The quantitative estimate of drug-likeness (QED) is 0.169. The van der Waals surface area contributed by atoms with E-state index in [-0.39, 0.29) is 13.2 Å². The topological polar surface area (TPSA) is 97.6 Å². The van der Waals surface area contributed by atoms with E-state index >= 15 is 0 Å². The molecule has 0 aliphatic heterocycles. The Bertz CT molecular complexity index is 246. The molecule has 0 heterocycles. The molecule has 21 heavy (non-hydrogen) atoms. The highest BCUT2D eigenvalue weighted by molar-refractivity contribution is 8.07. The summed E-state index contributed by atoms with van der Waals surface area (Å²) in [7, 11) is 0. The molecule has 9 heteroatoms. The molecule has 0 unspecified atom stereocenters. The van der Waals surface area contributed by atoms with Gasteiger partial charge in [-0.25, -0.2) is 9.78 Å². The van der Waals surface area contributed by atoms with Crippen LogP contribution in [0.2, 0.25) is 0 Å². The van der Waals surface area contributed by atoms with E-state index in [0.717, 1.165) is 51.4 Å². The van der Waals surface area contributed by atoms with Gasteiger partial charge in [-0.05, 0) is 37.5 Å². The first-order valence-electron chi connectivity index (χ1n) is 7.29. The van der Waals surface area contributed by atoms with Gasteiger partial charge in [0.25, 0.3) is 0 Å². The Hall–Kier alpha value is 0.370. The molecule has 0 aliphatic rings. The fourth-order valence-electron chi connectivity index (χ4n) is 1.47. The molecule has 0 saturated heterocycles. The molecule has 0 aromatic rings. The number of aliphatic hydroxyl groups excluding tert-OH is 2. The molecule has 0 radical (unpaired) electrons. The predicted molar refractivity (Wildman–Crippen MR) is 81.7 cm³/mol. The summed E-state index contributed by atoms with van der Waals surface area (Å²) in [6, 6.07) is 0. The fourth-order valence-corrected chi connectivity index (χ4v) is 2.17. The minimum absolute atomic E-state index is 0.194. The Morgan fingerprint density at radius 2 is 1.05 bits per heavy atom. The molecule has 0 bridgehead atoms. The van der Waals surface area contributed by atoms with Crippen LogP contribution in [-0.2, 0) is 30.9 Å². The molecule has 0 atom stereocenters. The van der Waals surface area contributed by atoms with Crippen molar-refractivity contribution in [3.8, 4) is 0 Å². The Balaban J connectivity index is 3.37. The lowest BCUT2D eigenvalue weighted by Crippen LogP contribution is -2.01. The van der Waals surface area contributed by atoms with Crippen molar-refractivity contribution in [2.24, 2.45) is 0 Å². The fraction of sp³-hybridized carbons (Fsp3) is 1.00. The normalized spacial score (nSPS) is 12.0. The number of unbranched alkanes of at least 4 members (excludes halogenated alkanes) is 6. The maximum Gasteiger partial charge on any atom is 0.380 e. The van der Waals surface area contributed by atoms with Gasteiger partial charge >= 0.3 is 6.72 Å². The molecule has 0 rings (SSSR count). The van der Waals surface area contributed by atoms with Crippen LogP contribution in [0.5, 0.6) is 0 Å². The molecule has 0 aliphatic carbocycles. The van der Waals surface area contributed by atoms with Crippen molar-refractivity contribution >= 4 is 18.5 Å². The summed E-state index contributed by atoms with van der Waals surface area (Å²) in [6.07, 6.45) is 6.70. The van der Waals surface area contributed by atoms with Crippen LogP contribution in [0.25, 0.3) is 0 Å². The summed E-state index contributed by atoms with van der Waals surface area (Å²) in [4.78, 5) is 19.1. The predicted octanol–water partition coefficient (Wildman–Crippen LogP) is 2.21. The number of hydrogen-bond donors (Lipinski definition) is 3. The average Bonchev–Trinajstić information content (AvgIpc) is 2.45. The monoisotopic (exact) mass is 346 g/mol. The number of rotatable bonds is 16. The maximum absolute atomic E-state index is 9.56. The standard InChI is InChI=1S/C12H27O7PS/c13-9-5-1-3-7-11-16-18-20(15,21)19-17-12-8-4-2-6-10-14/h13-14H,1-12H2,(H,15,21). The maximum atomic E-state index is 9.56. The van der Waals surface area contributed by atoms with Crippen molar-refractivity contribution in [1.29, 1.82) is 0 Å². The molecule has 0 fully saturated rings. The van der Waals surface area contributed by atoms with Crippen LogP contribution in [0.4, 0.5) is 0 Å². The SMILES string of the molecule is OCCCCCCOOP(O)(=S)OOCCCCCCO. The molecular formula is C12H27O7PS. The minimum atomic E-state index is -3.51. The summed E-state index contributed by atoms with van der Waals surface area (Å²) >= 11 is 4.69. The number of hydrogen-bond acceptors (Lipinski definition) is 7. The van der Waals surface area contributed by atoms with Gasteiger partial charge in [0.15, 0.2) is 0 Å². The highest BCUT2D eigenvalue weighted by Crippen LogP contribution is 2.44. The van der Waals surface area contributed by atoms with Crippen molar-refractivity contribution in [2.45, 2.75) is 51.4 Å². The van der Waals surface area contributed by atoms with Crippen molar-refractivity contribution < 1.29 is 34.2 Å². The van der Waals surface area contributed by atoms with Gasteiger partial charge in [-0.15, -0.1) is 9.35 Å². The van der Waals surface area contributed by atoms with Crippen LogP contribution >= 0.6 is 6.72 Å². The molecule has 7 nitrogen and oxygen atoms in total. The first-order chi connectivity index (χ1) is 10.1. The second-order valence-electron chi connectivity index (χ2n) is 4.54. The van der Waals surface area contributed by atoms with E-state index in [0.29, 0.717) is 13.2 Å². The van der Waals surface area contributed by atoms with Gasteiger partial charge in [-0.1, -0.05) is 25.7 Å². The smallest absolute Gasteiger partial charge is 0.380 e. The van der Waals surface area contributed by atoms with Gasteiger partial charge in [0.1, 0.15) is 0 Å². The summed E-state index contributed by atoms with van der Waals surface area (Å²) in [5.41, 5.74) is 0.